The molecule has 0 radical (unpaired) electrons. The van der Waals surface area contributed by atoms with Crippen molar-refractivity contribution in [2.24, 2.45) is 0 Å². The van der Waals surface area contributed by atoms with Crippen molar-refractivity contribution in [3.8, 4) is 0 Å². The number of esters is 1. The highest BCUT2D eigenvalue weighted by Gasteiger charge is 2.28. The van der Waals surface area contributed by atoms with E-state index in [1.807, 2.05) is 0 Å². The van der Waals surface area contributed by atoms with Crippen LogP contribution in [0, 0.1) is 0 Å². The van der Waals surface area contributed by atoms with Crippen LogP contribution < -0.4 is 5.32 Å². The summed E-state index contributed by atoms with van der Waals surface area (Å²) in [5, 5.41) is 5.96. The normalized spacial score (nSPS) is 14.4. The highest BCUT2D eigenvalue weighted by atomic mass is 35.5. The zero-order chi connectivity index (χ0) is 20.8. The van der Waals surface area contributed by atoms with Gasteiger partial charge in [0, 0.05) is 11.4 Å². The number of rotatable bonds is 6. The van der Waals surface area contributed by atoms with Gasteiger partial charge in [-0.25, -0.2) is 14.6 Å². The highest BCUT2D eigenvalue weighted by Crippen LogP contribution is 2.31. The Morgan fingerprint density at radius 2 is 1.93 bits per heavy atom. The van der Waals surface area contributed by atoms with Crippen molar-refractivity contribution < 1.29 is 14.3 Å². The minimum atomic E-state index is -0.452. The number of carbonyl (C=O) groups excluding carboxylic acids is 2. The molecular weight excluding hydrogens is 433 g/mol. The van der Waals surface area contributed by atoms with Gasteiger partial charge in [0.05, 0.1) is 28.9 Å². The topological polar surface area (TPSA) is 71.5 Å². The SMILES string of the molecule is CCOC(=O)c1csc(CN(C(=O)Nc2c(Cl)cccc2Cl)C2CCCCC2)n1. The van der Waals surface area contributed by atoms with Gasteiger partial charge < -0.3 is 15.0 Å². The molecule has 9 heteroatoms. The number of hydrogen-bond acceptors (Lipinski definition) is 5. The van der Waals surface area contributed by atoms with Crippen LogP contribution >= 0.6 is 34.5 Å². The van der Waals surface area contributed by atoms with E-state index in [9.17, 15) is 9.59 Å². The average molecular weight is 456 g/mol. The van der Waals surface area contributed by atoms with E-state index in [4.69, 9.17) is 27.9 Å². The fraction of sp³-hybridized carbons (Fsp3) is 0.450. The summed E-state index contributed by atoms with van der Waals surface area (Å²) in [6.45, 7) is 2.35. The monoisotopic (exact) mass is 455 g/mol. The quantitative estimate of drug-likeness (QED) is 0.542. The van der Waals surface area contributed by atoms with Crippen molar-refractivity contribution in [2.45, 2.75) is 51.6 Å². The van der Waals surface area contributed by atoms with Gasteiger partial charge in [0.2, 0.25) is 0 Å². The number of halogens is 2. The van der Waals surface area contributed by atoms with E-state index in [1.165, 1.54) is 17.8 Å². The van der Waals surface area contributed by atoms with Crippen molar-refractivity contribution in [2.75, 3.05) is 11.9 Å². The van der Waals surface area contributed by atoms with E-state index in [0.717, 1.165) is 25.7 Å². The first-order valence-corrected chi connectivity index (χ1v) is 11.3. The van der Waals surface area contributed by atoms with Crippen LogP contribution in [0.4, 0.5) is 10.5 Å². The summed E-state index contributed by atoms with van der Waals surface area (Å²) in [5.74, 6) is -0.452. The third kappa shape index (κ3) is 5.62. The lowest BCUT2D eigenvalue weighted by Crippen LogP contribution is -2.43. The van der Waals surface area contributed by atoms with Crippen molar-refractivity contribution in [3.05, 3.63) is 44.3 Å². The van der Waals surface area contributed by atoms with Gasteiger partial charge >= 0.3 is 12.0 Å². The predicted molar refractivity (Wildman–Crippen MR) is 116 cm³/mol. The number of thiazole rings is 1. The number of nitrogens with zero attached hydrogens (tertiary/aromatic N) is 2. The van der Waals surface area contributed by atoms with Crippen LogP contribution in [0.25, 0.3) is 0 Å². The number of hydrogen-bond donors (Lipinski definition) is 1. The van der Waals surface area contributed by atoms with Crippen molar-refractivity contribution in [1.82, 2.24) is 9.88 Å². The summed E-state index contributed by atoms with van der Waals surface area (Å²) >= 11 is 13.8. The van der Waals surface area contributed by atoms with Crippen molar-refractivity contribution >= 4 is 52.2 Å². The molecule has 1 aromatic heterocycles. The van der Waals surface area contributed by atoms with Crippen LogP contribution in [0.3, 0.4) is 0 Å². The molecule has 1 heterocycles. The second-order valence-corrected chi connectivity index (χ2v) is 8.55. The van der Waals surface area contributed by atoms with Gasteiger partial charge in [-0.05, 0) is 31.9 Å². The minimum absolute atomic E-state index is 0.0972. The van der Waals surface area contributed by atoms with Crippen molar-refractivity contribution in [3.63, 3.8) is 0 Å². The third-order valence-corrected chi connectivity index (χ3v) is 6.28. The van der Waals surface area contributed by atoms with Crippen molar-refractivity contribution in [1.29, 1.82) is 0 Å². The molecule has 2 amide bonds. The summed E-state index contributed by atoms with van der Waals surface area (Å²) in [6, 6.07) is 4.91. The number of urea groups is 1. The lowest BCUT2D eigenvalue weighted by Gasteiger charge is -2.34. The Morgan fingerprint density at radius 1 is 1.24 bits per heavy atom. The molecule has 0 atom stereocenters. The van der Waals surface area contributed by atoms with E-state index >= 15 is 0 Å². The molecule has 1 N–H and O–H groups in total. The molecule has 0 bridgehead atoms. The maximum atomic E-state index is 13.1. The molecule has 1 aliphatic carbocycles. The highest BCUT2D eigenvalue weighted by molar-refractivity contribution is 7.09. The average Bonchev–Trinajstić information content (AvgIpc) is 3.19. The largest absolute Gasteiger partial charge is 0.461 e. The van der Waals surface area contributed by atoms with Crippen LogP contribution in [-0.2, 0) is 11.3 Å². The molecule has 3 rings (SSSR count). The van der Waals surface area contributed by atoms with Crippen LogP contribution in [0.1, 0.15) is 54.5 Å². The maximum Gasteiger partial charge on any atom is 0.357 e. The van der Waals surface area contributed by atoms with Gasteiger partial charge in [-0.1, -0.05) is 48.5 Å². The summed E-state index contributed by atoms with van der Waals surface area (Å²) < 4.78 is 5.00. The van der Waals surface area contributed by atoms with Gasteiger partial charge in [0.1, 0.15) is 5.01 Å². The standard InChI is InChI=1S/C20H23Cl2N3O3S/c1-2-28-19(26)16-12-29-17(23-16)11-25(13-7-4-3-5-8-13)20(27)24-18-14(21)9-6-10-15(18)22/h6,9-10,12-13H,2-5,7-8,11H2,1H3,(H,24,27). The zero-order valence-corrected chi connectivity index (χ0v) is 18.4. The smallest absolute Gasteiger partial charge is 0.357 e. The number of amides is 2. The first-order chi connectivity index (χ1) is 14.0. The molecular formula is C20H23Cl2N3O3S. The van der Waals surface area contributed by atoms with E-state index in [1.54, 1.807) is 35.4 Å². The van der Waals surface area contributed by atoms with Gasteiger partial charge in [-0.3, -0.25) is 0 Å². The van der Waals surface area contributed by atoms with Crippen LogP contribution in [0.2, 0.25) is 10.0 Å². The Hall–Kier alpha value is -1.83. The molecule has 0 aliphatic heterocycles. The number of benzene rings is 1. The number of anilines is 1. The summed E-state index contributed by atoms with van der Waals surface area (Å²) in [6.07, 6.45) is 5.19. The van der Waals surface area contributed by atoms with E-state index < -0.39 is 5.97 Å². The maximum absolute atomic E-state index is 13.1. The van der Waals surface area contributed by atoms with Gasteiger partial charge in [-0.2, -0.15) is 0 Å². The lowest BCUT2D eigenvalue weighted by molar-refractivity contribution is 0.0520. The first kappa shape index (κ1) is 21.9. The fourth-order valence-electron chi connectivity index (χ4n) is 3.38. The molecule has 1 saturated carbocycles. The molecule has 1 aromatic carbocycles. The second-order valence-electron chi connectivity index (χ2n) is 6.79. The molecule has 29 heavy (non-hydrogen) atoms. The second kappa shape index (κ2) is 10.3. The number of aromatic nitrogens is 1. The lowest BCUT2D eigenvalue weighted by atomic mass is 9.94. The van der Waals surface area contributed by atoms with E-state index in [-0.39, 0.29) is 17.8 Å². The van der Waals surface area contributed by atoms with Crippen LogP contribution in [0.15, 0.2) is 23.6 Å². The Morgan fingerprint density at radius 3 is 2.59 bits per heavy atom. The van der Waals surface area contributed by atoms with Crippen LogP contribution in [-0.4, -0.2) is 34.5 Å². The first-order valence-electron chi connectivity index (χ1n) is 9.62. The van der Waals surface area contributed by atoms with E-state index in [0.29, 0.717) is 33.9 Å². The zero-order valence-electron chi connectivity index (χ0n) is 16.1. The molecule has 1 aliphatic rings. The number of ether oxygens (including phenoxy) is 1. The molecule has 0 saturated heterocycles. The number of carbonyl (C=O) groups is 2. The molecule has 156 valence electrons. The summed E-state index contributed by atoms with van der Waals surface area (Å²) in [4.78, 5) is 31.2. The Kier molecular flexibility index (Phi) is 7.75. The Balaban J connectivity index is 1.79. The summed E-state index contributed by atoms with van der Waals surface area (Å²) in [7, 11) is 0. The number of para-hydroxylation sites is 1. The molecule has 0 unspecified atom stereocenters. The van der Waals surface area contributed by atoms with Gasteiger partial charge in [0.15, 0.2) is 5.69 Å². The summed E-state index contributed by atoms with van der Waals surface area (Å²) in [5.41, 5.74) is 0.665. The van der Waals surface area contributed by atoms with Gasteiger partial charge in [-0.15, -0.1) is 11.3 Å². The Labute approximate surface area is 184 Å². The fourth-order valence-corrected chi connectivity index (χ4v) is 4.64. The Bertz CT molecular complexity index is 848. The molecule has 0 spiro atoms. The molecule has 1 fully saturated rings. The van der Waals surface area contributed by atoms with Crippen LogP contribution in [0.5, 0.6) is 0 Å². The molecule has 6 nitrogen and oxygen atoms in total. The van der Waals surface area contributed by atoms with E-state index in [2.05, 4.69) is 10.3 Å². The third-order valence-electron chi connectivity index (χ3n) is 4.81. The minimum Gasteiger partial charge on any atom is -0.461 e. The van der Waals surface area contributed by atoms with Gasteiger partial charge in [0.25, 0.3) is 0 Å². The molecule has 2 aromatic rings. The predicted octanol–water partition coefficient (Wildman–Crippen LogP) is 5.99. The number of nitrogens with one attached hydrogen (secondary N) is 1.